The van der Waals surface area contributed by atoms with Gasteiger partial charge in [0.25, 0.3) is 0 Å². The molecule has 0 unspecified atom stereocenters. The van der Waals surface area contributed by atoms with E-state index in [-0.39, 0.29) is 12.4 Å². The predicted molar refractivity (Wildman–Crippen MR) is 61.8 cm³/mol. The molecule has 0 radical (unpaired) electrons. The van der Waals surface area contributed by atoms with E-state index >= 15 is 0 Å². The Morgan fingerprint density at radius 2 is 1.94 bits per heavy atom. The first-order valence-electron chi connectivity index (χ1n) is 5.52. The van der Waals surface area contributed by atoms with E-state index in [0.29, 0.717) is 12.3 Å². The molecular formula is C11H19NO5. The zero-order valence-corrected chi connectivity index (χ0v) is 10.9. The average molecular weight is 245 g/mol. The molecule has 0 bridgehead atoms. The maximum atomic E-state index is 11.2. The van der Waals surface area contributed by atoms with Gasteiger partial charge >= 0.3 is 11.9 Å². The molecule has 0 aromatic carbocycles. The maximum absolute atomic E-state index is 11.2. The molecule has 0 saturated carbocycles. The molecule has 1 aromatic rings. The summed E-state index contributed by atoms with van der Waals surface area (Å²) in [6, 6.07) is 0. The highest BCUT2D eigenvalue weighted by molar-refractivity contribution is 5.67. The fourth-order valence-electron chi connectivity index (χ4n) is 0.873. The fraction of sp³-hybridized carbons (Fsp3) is 0.636. The van der Waals surface area contributed by atoms with Crippen molar-refractivity contribution in [2.24, 2.45) is 0 Å². The second kappa shape index (κ2) is 7.54. The minimum absolute atomic E-state index is 0.0965. The Kier molecular flexibility index (Phi) is 6.77. The van der Waals surface area contributed by atoms with E-state index in [9.17, 15) is 9.59 Å². The zero-order chi connectivity index (χ0) is 13.4. The fourth-order valence-corrected chi connectivity index (χ4v) is 0.873. The first kappa shape index (κ1) is 15.3. The van der Waals surface area contributed by atoms with Gasteiger partial charge in [0, 0.05) is 13.6 Å². The van der Waals surface area contributed by atoms with Crippen molar-refractivity contribution in [1.82, 2.24) is 4.90 Å². The number of carbonyl (C=O) groups excluding carboxylic acids is 1. The van der Waals surface area contributed by atoms with E-state index < -0.39 is 11.9 Å². The third-order valence-electron chi connectivity index (χ3n) is 1.95. The molecule has 1 rings (SSSR count). The molecule has 0 spiro atoms. The van der Waals surface area contributed by atoms with Crippen LogP contribution in [0.1, 0.15) is 32.3 Å². The minimum Gasteiger partial charge on any atom is -0.441 e. The van der Waals surface area contributed by atoms with Crippen LogP contribution in [0, 0.1) is 6.92 Å². The van der Waals surface area contributed by atoms with E-state index in [2.05, 4.69) is 8.83 Å². The van der Waals surface area contributed by atoms with Crippen LogP contribution in [0.5, 0.6) is 0 Å². The van der Waals surface area contributed by atoms with Crippen molar-refractivity contribution >= 4 is 6.09 Å². The molecule has 0 atom stereocenters. The number of rotatable bonds is 3. The third-order valence-corrected chi connectivity index (χ3v) is 1.95. The summed E-state index contributed by atoms with van der Waals surface area (Å²) in [4.78, 5) is 23.3. The average Bonchev–Trinajstić information content (AvgIpc) is 2.66. The smallest absolute Gasteiger partial charge is 0.441 e. The summed E-state index contributed by atoms with van der Waals surface area (Å²) in [5, 5.41) is 0. The van der Waals surface area contributed by atoms with Gasteiger partial charge in [0.05, 0.1) is 0 Å². The van der Waals surface area contributed by atoms with Crippen LogP contribution in [-0.2, 0) is 11.3 Å². The van der Waals surface area contributed by atoms with Gasteiger partial charge in [-0.25, -0.2) is 9.59 Å². The Morgan fingerprint density at radius 3 is 2.35 bits per heavy atom. The predicted octanol–water partition coefficient (Wildman–Crippen LogP) is 2.16. The Balaban J connectivity index is 0.00000121. The number of aryl methyl sites for hydroxylation is 1. The van der Waals surface area contributed by atoms with Crippen molar-refractivity contribution < 1.29 is 18.4 Å². The van der Waals surface area contributed by atoms with Gasteiger partial charge < -0.3 is 18.5 Å². The molecule has 0 aliphatic carbocycles. The molecule has 1 aromatic heterocycles. The Labute approximate surface area is 100 Å². The lowest BCUT2D eigenvalue weighted by molar-refractivity contribution is 0.0987. The third kappa shape index (κ3) is 4.76. The summed E-state index contributed by atoms with van der Waals surface area (Å²) in [5.74, 6) is -0.229. The van der Waals surface area contributed by atoms with Gasteiger partial charge in [-0.15, -0.1) is 0 Å². The highest BCUT2D eigenvalue weighted by Gasteiger charge is 2.13. The van der Waals surface area contributed by atoms with Crippen LogP contribution in [0.4, 0.5) is 4.79 Å². The van der Waals surface area contributed by atoms with Gasteiger partial charge in [-0.1, -0.05) is 13.8 Å². The molecule has 98 valence electrons. The monoisotopic (exact) mass is 245 g/mol. The normalized spacial score (nSPS) is 9.24. The van der Waals surface area contributed by atoms with Crippen LogP contribution in [0.15, 0.2) is 13.6 Å². The van der Waals surface area contributed by atoms with Gasteiger partial charge in [0.1, 0.15) is 0 Å². The maximum Gasteiger partial charge on any atom is 0.519 e. The second-order valence-corrected chi connectivity index (χ2v) is 3.00. The summed E-state index contributed by atoms with van der Waals surface area (Å²) in [6.45, 7) is 7.84. The molecule has 0 fully saturated rings. The molecule has 6 heteroatoms. The van der Waals surface area contributed by atoms with Crippen LogP contribution in [-0.4, -0.2) is 24.6 Å². The van der Waals surface area contributed by atoms with Crippen LogP contribution in [0.2, 0.25) is 0 Å². The lowest BCUT2D eigenvalue weighted by Crippen LogP contribution is -2.26. The Bertz CT molecular complexity index is 393. The first-order chi connectivity index (χ1) is 8.04. The highest BCUT2D eigenvalue weighted by Crippen LogP contribution is 2.07. The number of hydrogen-bond acceptors (Lipinski definition) is 5. The van der Waals surface area contributed by atoms with Crippen molar-refractivity contribution in [1.29, 1.82) is 0 Å². The zero-order valence-electron chi connectivity index (χ0n) is 10.9. The summed E-state index contributed by atoms with van der Waals surface area (Å²) < 4.78 is 14.1. The molecule has 6 nitrogen and oxygen atoms in total. The quantitative estimate of drug-likeness (QED) is 0.815. The SMILES string of the molecule is CC.CCN(C)C(=O)OCc1oc(=O)oc1C. The topological polar surface area (TPSA) is 72.9 Å². The first-order valence-corrected chi connectivity index (χ1v) is 5.52. The van der Waals surface area contributed by atoms with Gasteiger partial charge in [0.15, 0.2) is 18.1 Å². The Morgan fingerprint density at radius 1 is 1.35 bits per heavy atom. The molecular weight excluding hydrogens is 226 g/mol. The second-order valence-electron chi connectivity index (χ2n) is 3.00. The van der Waals surface area contributed by atoms with Gasteiger partial charge in [-0.05, 0) is 13.8 Å². The lowest BCUT2D eigenvalue weighted by Gasteiger charge is -2.13. The number of hydrogen-bond donors (Lipinski definition) is 0. The van der Waals surface area contributed by atoms with Gasteiger partial charge in [0.2, 0.25) is 0 Å². The molecule has 1 amide bonds. The number of carbonyl (C=O) groups is 1. The minimum atomic E-state index is -0.789. The van der Waals surface area contributed by atoms with Crippen LogP contribution < -0.4 is 5.82 Å². The van der Waals surface area contributed by atoms with E-state index in [1.807, 2.05) is 20.8 Å². The molecule has 0 N–H and O–H groups in total. The summed E-state index contributed by atoms with van der Waals surface area (Å²) in [6.07, 6.45) is -0.472. The standard InChI is InChI=1S/C9H13NO5.C2H6/c1-4-10(3)8(11)13-5-7-6(2)14-9(12)15-7;1-2/h4-5H2,1-3H3;1-2H3. The van der Waals surface area contributed by atoms with E-state index in [1.165, 1.54) is 4.90 Å². The van der Waals surface area contributed by atoms with Crippen LogP contribution >= 0.6 is 0 Å². The van der Waals surface area contributed by atoms with E-state index in [4.69, 9.17) is 4.74 Å². The lowest BCUT2D eigenvalue weighted by atomic mass is 10.4. The number of nitrogens with zero attached hydrogens (tertiary/aromatic N) is 1. The van der Waals surface area contributed by atoms with Crippen LogP contribution in [0.3, 0.4) is 0 Å². The van der Waals surface area contributed by atoms with E-state index in [0.717, 1.165) is 0 Å². The van der Waals surface area contributed by atoms with Gasteiger partial charge in [-0.3, -0.25) is 0 Å². The summed E-state index contributed by atoms with van der Waals surface area (Å²) >= 11 is 0. The van der Waals surface area contributed by atoms with Crippen molar-refractivity contribution in [2.45, 2.75) is 34.3 Å². The van der Waals surface area contributed by atoms with Gasteiger partial charge in [-0.2, -0.15) is 0 Å². The largest absolute Gasteiger partial charge is 0.519 e. The molecule has 17 heavy (non-hydrogen) atoms. The number of amides is 1. The molecule has 1 heterocycles. The molecule has 0 aliphatic rings. The van der Waals surface area contributed by atoms with Crippen molar-refractivity contribution in [3.8, 4) is 0 Å². The summed E-state index contributed by atoms with van der Waals surface area (Å²) in [7, 11) is 1.61. The Hall–Kier alpha value is -1.72. The van der Waals surface area contributed by atoms with Crippen LogP contribution in [0.25, 0.3) is 0 Å². The molecule has 0 aliphatic heterocycles. The highest BCUT2D eigenvalue weighted by atomic mass is 16.6. The summed E-state index contributed by atoms with van der Waals surface area (Å²) in [5.41, 5.74) is 0. The molecule has 0 saturated heterocycles. The van der Waals surface area contributed by atoms with Crippen molar-refractivity contribution in [3.05, 3.63) is 22.1 Å². The number of ether oxygens (including phenoxy) is 1. The van der Waals surface area contributed by atoms with Crippen molar-refractivity contribution in [3.63, 3.8) is 0 Å². The van der Waals surface area contributed by atoms with E-state index in [1.54, 1.807) is 14.0 Å². The van der Waals surface area contributed by atoms with Crippen molar-refractivity contribution in [2.75, 3.05) is 13.6 Å².